The lowest BCUT2D eigenvalue weighted by Gasteiger charge is -2.27. The van der Waals surface area contributed by atoms with Crippen LogP contribution in [0.3, 0.4) is 0 Å². The van der Waals surface area contributed by atoms with E-state index in [4.69, 9.17) is 9.72 Å². The zero-order valence-electron chi connectivity index (χ0n) is 19.3. The van der Waals surface area contributed by atoms with E-state index in [1.54, 1.807) is 17.1 Å². The number of nitrogens with zero attached hydrogens (tertiary/aromatic N) is 6. The summed E-state index contributed by atoms with van der Waals surface area (Å²) in [4.78, 5) is 26.5. The summed E-state index contributed by atoms with van der Waals surface area (Å²) in [5.41, 5.74) is 1.13. The van der Waals surface area contributed by atoms with Crippen LogP contribution in [0.2, 0.25) is 0 Å². The highest BCUT2D eigenvalue weighted by atomic mass is 32.1. The molecular formula is C23H23N7O3S2. The van der Waals surface area contributed by atoms with Crippen molar-refractivity contribution < 1.29 is 14.6 Å². The lowest BCUT2D eigenvalue weighted by molar-refractivity contribution is 0.102. The summed E-state index contributed by atoms with van der Waals surface area (Å²) >= 11 is 3.00. The number of carbonyl (C=O) groups excluding carboxylic acids is 1. The van der Waals surface area contributed by atoms with Gasteiger partial charge in [0.2, 0.25) is 11.8 Å². The molecule has 0 saturated carbocycles. The van der Waals surface area contributed by atoms with Crippen LogP contribution in [-0.4, -0.2) is 47.4 Å². The molecule has 0 bridgehead atoms. The zero-order valence-corrected chi connectivity index (χ0v) is 20.9. The number of aryl methyl sites for hydroxylation is 2. The highest BCUT2D eigenvalue weighted by Crippen LogP contribution is 2.39. The molecule has 5 aromatic rings. The van der Waals surface area contributed by atoms with Crippen LogP contribution in [0.15, 0.2) is 46.0 Å². The largest absolute Gasteiger partial charge is 0.480 e. The minimum absolute atomic E-state index is 0.117. The molecule has 2 N–H and O–H groups in total. The molecule has 0 aromatic carbocycles. The minimum Gasteiger partial charge on any atom is -0.480 e. The quantitative estimate of drug-likeness (QED) is 0.327. The molecule has 0 spiro atoms. The molecule has 0 radical (unpaired) electrons. The number of thiophene rings is 2. The van der Waals surface area contributed by atoms with Gasteiger partial charge in [0.1, 0.15) is 11.9 Å². The van der Waals surface area contributed by atoms with Crippen molar-refractivity contribution in [2.75, 3.05) is 12.4 Å². The van der Waals surface area contributed by atoms with Crippen molar-refractivity contribution in [2.24, 2.45) is 0 Å². The Balaban J connectivity index is 1.65. The molecule has 10 nitrogen and oxygen atoms in total. The summed E-state index contributed by atoms with van der Waals surface area (Å²) in [5, 5.41) is 26.7. The summed E-state index contributed by atoms with van der Waals surface area (Å²) in [6.45, 7) is 5.02. The number of aromatic nitrogens is 6. The number of hydrogen-bond donors (Lipinski definition) is 2. The van der Waals surface area contributed by atoms with Gasteiger partial charge < -0.3 is 14.4 Å². The van der Waals surface area contributed by atoms with Crippen molar-refractivity contribution in [3.8, 4) is 5.88 Å². The number of ether oxygens (including phenoxy) is 1. The summed E-state index contributed by atoms with van der Waals surface area (Å²) < 4.78 is 8.91. The van der Waals surface area contributed by atoms with Crippen LogP contribution in [0.1, 0.15) is 41.2 Å². The molecule has 0 saturated heterocycles. The lowest BCUT2D eigenvalue weighted by Crippen LogP contribution is -2.31. The van der Waals surface area contributed by atoms with Crippen LogP contribution in [0, 0.1) is 0 Å². The van der Waals surface area contributed by atoms with Gasteiger partial charge in [-0.15, -0.1) is 5.10 Å². The fourth-order valence-corrected chi connectivity index (χ4v) is 5.38. The van der Waals surface area contributed by atoms with Gasteiger partial charge in [-0.1, -0.05) is 0 Å². The Morgan fingerprint density at radius 3 is 2.40 bits per heavy atom. The van der Waals surface area contributed by atoms with Crippen LogP contribution in [0.5, 0.6) is 5.88 Å². The first kappa shape index (κ1) is 23.1. The van der Waals surface area contributed by atoms with Crippen molar-refractivity contribution in [1.29, 1.82) is 0 Å². The number of carbonyl (C=O) groups is 1. The molecule has 5 rings (SSSR count). The number of aliphatic hydroxyl groups is 1. The van der Waals surface area contributed by atoms with Gasteiger partial charge in [-0.2, -0.15) is 27.7 Å². The number of fused-ring (bicyclic) bond motifs is 1. The zero-order chi connectivity index (χ0) is 24.6. The summed E-state index contributed by atoms with van der Waals surface area (Å²) in [5.74, 6) is 0.267. The molecular weight excluding hydrogens is 486 g/mol. The molecule has 0 fully saturated rings. The Morgan fingerprint density at radius 1 is 1.14 bits per heavy atom. The Hall–Kier alpha value is -3.61. The Labute approximate surface area is 208 Å². The fraction of sp³-hybridized carbons (Fsp3) is 0.261. The first-order valence-corrected chi connectivity index (χ1v) is 12.8. The summed E-state index contributed by atoms with van der Waals surface area (Å²) in [7, 11) is 1.44. The summed E-state index contributed by atoms with van der Waals surface area (Å²) in [6, 6.07) is 5.45. The third-order valence-electron chi connectivity index (χ3n) is 5.75. The van der Waals surface area contributed by atoms with Gasteiger partial charge in [-0.05, 0) is 53.6 Å². The molecule has 0 aliphatic carbocycles. The van der Waals surface area contributed by atoms with Gasteiger partial charge in [0.05, 0.1) is 12.6 Å². The highest BCUT2D eigenvalue weighted by Gasteiger charge is 2.40. The average molecular weight is 510 g/mol. The first-order chi connectivity index (χ1) is 17.0. The maximum absolute atomic E-state index is 13.1. The van der Waals surface area contributed by atoms with E-state index in [1.807, 2.05) is 52.1 Å². The number of anilines is 1. The Kier molecular flexibility index (Phi) is 6.09. The fourth-order valence-electron chi connectivity index (χ4n) is 3.99. The molecule has 12 heteroatoms. The first-order valence-electron chi connectivity index (χ1n) is 10.9. The molecule has 5 aromatic heterocycles. The van der Waals surface area contributed by atoms with Gasteiger partial charge in [0.15, 0.2) is 17.1 Å². The number of pyridine rings is 1. The molecule has 5 heterocycles. The minimum atomic E-state index is -1.48. The van der Waals surface area contributed by atoms with Crippen molar-refractivity contribution >= 4 is 45.7 Å². The molecule has 0 aliphatic heterocycles. The Bertz CT molecular complexity index is 1440. The van der Waals surface area contributed by atoms with E-state index in [0.717, 1.165) is 0 Å². The Morgan fingerprint density at radius 2 is 1.86 bits per heavy atom. The van der Waals surface area contributed by atoms with Crippen LogP contribution in [-0.2, 0) is 18.7 Å². The van der Waals surface area contributed by atoms with Gasteiger partial charge in [0.25, 0.3) is 5.91 Å². The number of nitrogens with one attached hydrogen (secondary N) is 1. The lowest BCUT2D eigenvalue weighted by atomic mass is 9.89. The van der Waals surface area contributed by atoms with Crippen LogP contribution in [0.25, 0.3) is 11.2 Å². The second-order valence-corrected chi connectivity index (χ2v) is 9.24. The smallest absolute Gasteiger partial charge is 0.263 e. The van der Waals surface area contributed by atoms with Gasteiger partial charge in [-0.3, -0.25) is 14.8 Å². The topological polar surface area (TPSA) is 120 Å². The average Bonchev–Trinajstić information content (AvgIpc) is 3.69. The van der Waals surface area contributed by atoms with Gasteiger partial charge >= 0.3 is 0 Å². The van der Waals surface area contributed by atoms with Gasteiger partial charge in [-0.25, -0.2) is 9.97 Å². The summed E-state index contributed by atoms with van der Waals surface area (Å²) in [6.07, 6.45) is 1.54. The molecule has 35 heavy (non-hydrogen) atoms. The van der Waals surface area contributed by atoms with E-state index in [1.165, 1.54) is 29.8 Å². The van der Waals surface area contributed by atoms with E-state index in [9.17, 15) is 9.90 Å². The number of methoxy groups -OCH3 is 1. The van der Waals surface area contributed by atoms with E-state index in [2.05, 4.69) is 20.4 Å². The molecule has 180 valence electrons. The third kappa shape index (κ3) is 3.89. The van der Waals surface area contributed by atoms with E-state index >= 15 is 0 Å². The van der Waals surface area contributed by atoms with Crippen molar-refractivity contribution in [3.63, 3.8) is 0 Å². The van der Waals surface area contributed by atoms with Crippen LogP contribution in [0.4, 0.5) is 5.95 Å². The van der Waals surface area contributed by atoms with Gasteiger partial charge in [0, 0.05) is 24.2 Å². The SMILES string of the molecule is CCn1cnc(NC(=O)c2cc3c(nc2OC)nc(C(O)(c2ccsc2)c2ccsc2)n3CC)n1. The number of imidazole rings is 1. The number of amides is 1. The number of rotatable bonds is 8. The molecule has 1 amide bonds. The maximum Gasteiger partial charge on any atom is 0.263 e. The second-order valence-electron chi connectivity index (χ2n) is 7.68. The number of hydrogen-bond acceptors (Lipinski definition) is 9. The highest BCUT2D eigenvalue weighted by molar-refractivity contribution is 7.08. The normalized spacial score (nSPS) is 11.8. The predicted octanol–water partition coefficient (Wildman–Crippen LogP) is 3.73. The predicted molar refractivity (Wildman–Crippen MR) is 134 cm³/mol. The standard InChI is InChI=1S/C23H23N7O3S2/c1-4-29-13-24-22(28-29)27-19(31)16-10-17-18(25-20(16)33-3)26-21(30(17)5-2)23(32,14-6-8-34-11-14)15-7-9-35-12-15/h6-13,32H,4-5H2,1-3H3,(H,27,28,31). The van der Waals surface area contributed by atoms with Crippen molar-refractivity contribution in [2.45, 2.75) is 32.5 Å². The van der Waals surface area contributed by atoms with E-state index in [-0.39, 0.29) is 17.4 Å². The maximum atomic E-state index is 13.1. The van der Waals surface area contributed by atoms with E-state index < -0.39 is 11.5 Å². The third-order valence-corrected chi connectivity index (χ3v) is 7.11. The van der Waals surface area contributed by atoms with Crippen LogP contribution >= 0.6 is 22.7 Å². The van der Waals surface area contributed by atoms with E-state index in [0.29, 0.717) is 41.2 Å². The molecule has 0 aliphatic rings. The van der Waals surface area contributed by atoms with Crippen molar-refractivity contribution in [1.82, 2.24) is 29.3 Å². The van der Waals surface area contributed by atoms with Crippen molar-refractivity contribution in [3.05, 3.63) is 68.6 Å². The molecule has 0 unspecified atom stereocenters. The second kappa shape index (κ2) is 9.21. The van der Waals surface area contributed by atoms with Crippen LogP contribution < -0.4 is 10.1 Å². The monoisotopic (exact) mass is 509 g/mol. The molecule has 0 atom stereocenters.